The number of esters is 1. The Morgan fingerprint density at radius 2 is 1.88 bits per heavy atom. The van der Waals surface area contributed by atoms with E-state index < -0.39 is 0 Å². The van der Waals surface area contributed by atoms with Crippen molar-refractivity contribution in [2.24, 2.45) is 0 Å². The minimum absolute atomic E-state index is 0.172. The quantitative estimate of drug-likeness (QED) is 0.673. The summed E-state index contributed by atoms with van der Waals surface area (Å²) in [5.41, 5.74) is 1.32. The van der Waals surface area contributed by atoms with Gasteiger partial charge in [0, 0.05) is 18.3 Å². The molecule has 2 heterocycles. The van der Waals surface area contributed by atoms with Crippen molar-refractivity contribution in [3.63, 3.8) is 0 Å². The molecule has 2 aromatic carbocycles. The summed E-state index contributed by atoms with van der Waals surface area (Å²) in [5.74, 6) is 0.225. The fourth-order valence-corrected chi connectivity index (χ4v) is 4.32. The smallest absolute Gasteiger partial charge is 0.308 e. The highest BCUT2D eigenvalue weighted by molar-refractivity contribution is 6.05. The molecule has 4 rings (SSSR count). The monoisotopic (exact) mass is 468 g/mol. The lowest BCUT2D eigenvalue weighted by Gasteiger charge is -2.42. The molecule has 0 radical (unpaired) electrons. The molecule has 0 spiro atoms. The molecule has 2 aliphatic rings. The molecule has 0 saturated carbocycles. The molecule has 1 saturated heterocycles. The number of hydrogen-bond acceptors (Lipinski definition) is 7. The van der Waals surface area contributed by atoms with E-state index in [9.17, 15) is 14.4 Å². The molecule has 2 aromatic rings. The van der Waals surface area contributed by atoms with Crippen molar-refractivity contribution in [2.45, 2.75) is 37.5 Å². The van der Waals surface area contributed by atoms with Gasteiger partial charge in [-0.25, -0.2) is 0 Å². The van der Waals surface area contributed by atoms with Gasteiger partial charge < -0.3 is 29.2 Å². The molecular formula is C25H28N2O7. The maximum absolute atomic E-state index is 13.3. The Bertz CT molecular complexity index is 1070. The lowest BCUT2D eigenvalue weighted by Crippen LogP contribution is -2.53. The Morgan fingerprint density at radius 1 is 1.12 bits per heavy atom. The van der Waals surface area contributed by atoms with E-state index in [0.717, 1.165) is 0 Å². The number of fused-ring (bicyclic) bond motifs is 2. The Balaban J connectivity index is 1.50. The van der Waals surface area contributed by atoms with E-state index in [1.807, 2.05) is 0 Å². The zero-order valence-electron chi connectivity index (χ0n) is 19.4. The third-order valence-electron chi connectivity index (χ3n) is 6.24. The first-order valence-electron chi connectivity index (χ1n) is 11.1. The third-order valence-corrected chi connectivity index (χ3v) is 6.24. The summed E-state index contributed by atoms with van der Waals surface area (Å²) in [6.07, 6.45) is 0.862. The molecular weight excluding hydrogens is 440 g/mol. The van der Waals surface area contributed by atoms with Crippen molar-refractivity contribution in [1.29, 1.82) is 0 Å². The predicted molar refractivity (Wildman–Crippen MR) is 123 cm³/mol. The Morgan fingerprint density at radius 3 is 2.59 bits per heavy atom. The van der Waals surface area contributed by atoms with Gasteiger partial charge in [-0.1, -0.05) is 0 Å². The standard InChI is InChI=1S/C25H28N2O7/c1-27-20-10-9-18(13-23(28)32-3)34-22(20)14-33-21-11-6-16(12-19(21)25(27)30)26-24(29)15-4-7-17(31-2)8-5-15/h4-8,11-12,18,20,22H,9-10,13-14H2,1-3H3,(H,26,29)/t18-,20-,22-/m0/s1. The first-order valence-corrected chi connectivity index (χ1v) is 11.1. The van der Waals surface area contributed by atoms with Crippen LogP contribution in [0.25, 0.3) is 0 Å². The number of hydrogen-bond donors (Lipinski definition) is 1. The van der Waals surface area contributed by atoms with Gasteiger partial charge >= 0.3 is 5.97 Å². The van der Waals surface area contributed by atoms with Gasteiger partial charge in [-0.05, 0) is 55.3 Å². The summed E-state index contributed by atoms with van der Waals surface area (Å²) in [7, 11) is 4.65. The van der Waals surface area contributed by atoms with Crippen molar-refractivity contribution in [3.05, 3.63) is 53.6 Å². The molecule has 1 N–H and O–H groups in total. The van der Waals surface area contributed by atoms with E-state index in [-0.39, 0.29) is 49.1 Å². The van der Waals surface area contributed by atoms with Gasteiger partial charge in [0.2, 0.25) is 0 Å². The lowest BCUT2D eigenvalue weighted by molar-refractivity contribution is -0.151. The van der Waals surface area contributed by atoms with Gasteiger partial charge in [0.05, 0.1) is 38.3 Å². The van der Waals surface area contributed by atoms with Gasteiger partial charge in [0.15, 0.2) is 0 Å². The molecule has 2 aliphatic heterocycles. The van der Waals surface area contributed by atoms with Gasteiger partial charge in [0.25, 0.3) is 11.8 Å². The minimum atomic E-state index is -0.361. The molecule has 3 atom stereocenters. The number of amides is 2. The normalized spacial score (nSPS) is 21.8. The number of carbonyl (C=O) groups is 3. The fourth-order valence-electron chi connectivity index (χ4n) is 4.32. The Hall–Kier alpha value is -3.59. The number of nitrogens with one attached hydrogen (secondary N) is 1. The van der Waals surface area contributed by atoms with Crippen molar-refractivity contribution in [2.75, 3.05) is 33.2 Å². The molecule has 34 heavy (non-hydrogen) atoms. The number of benzene rings is 2. The van der Waals surface area contributed by atoms with Crippen LogP contribution < -0.4 is 14.8 Å². The molecule has 2 amide bonds. The molecule has 1 fully saturated rings. The summed E-state index contributed by atoms with van der Waals surface area (Å²) in [6.45, 7) is 0.241. The van der Waals surface area contributed by atoms with E-state index >= 15 is 0 Å². The van der Waals surface area contributed by atoms with Crippen LogP contribution in [0.2, 0.25) is 0 Å². The number of nitrogens with zero attached hydrogens (tertiary/aromatic N) is 1. The maximum Gasteiger partial charge on any atom is 0.308 e. The summed E-state index contributed by atoms with van der Waals surface area (Å²) in [6, 6.07) is 11.5. The van der Waals surface area contributed by atoms with Crippen LogP contribution in [0.1, 0.15) is 40.0 Å². The van der Waals surface area contributed by atoms with Crippen LogP contribution in [0.15, 0.2) is 42.5 Å². The van der Waals surface area contributed by atoms with Gasteiger partial charge in [-0.3, -0.25) is 14.4 Å². The molecule has 9 nitrogen and oxygen atoms in total. The van der Waals surface area contributed by atoms with Crippen molar-refractivity contribution in [3.8, 4) is 11.5 Å². The number of anilines is 1. The van der Waals surface area contributed by atoms with Crippen molar-refractivity contribution in [1.82, 2.24) is 4.90 Å². The maximum atomic E-state index is 13.3. The highest BCUT2D eigenvalue weighted by atomic mass is 16.6. The second kappa shape index (κ2) is 10.1. The highest BCUT2D eigenvalue weighted by Crippen LogP contribution is 2.32. The van der Waals surface area contributed by atoms with E-state index in [4.69, 9.17) is 18.9 Å². The van der Waals surface area contributed by atoms with Crippen molar-refractivity contribution >= 4 is 23.5 Å². The van der Waals surface area contributed by atoms with E-state index in [2.05, 4.69) is 5.32 Å². The fraction of sp³-hybridized carbons (Fsp3) is 0.400. The second-order valence-electron chi connectivity index (χ2n) is 8.34. The number of carbonyl (C=O) groups excluding carboxylic acids is 3. The number of methoxy groups -OCH3 is 2. The summed E-state index contributed by atoms with van der Waals surface area (Å²) in [5, 5.41) is 2.83. The van der Waals surface area contributed by atoms with Crippen LogP contribution in [0.4, 0.5) is 5.69 Å². The summed E-state index contributed by atoms with van der Waals surface area (Å²) >= 11 is 0. The minimum Gasteiger partial charge on any atom is -0.497 e. The number of likely N-dealkylation sites (N-methyl/N-ethyl adjacent to an activating group) is 1. The van der Waals surface area contributed by atoms with E-state index in [1.165, 1.54) is 7.11 Å². The third kappa shape index (κ3) is 4.99. The van der Waals surface area contributed by atoms with E-state index in [0.29, 0.717) is 41.2 Å². The molecule has 180 valence electrons. The zero-order chi connectivity index (χ0) is 24.2. The van der Waals surface area contributed by atoms with Crippen LogP contribution in [-0.2, 0) is 14.3 Å². The zero-order valence-corrected chi connectivity index (χ0v) is 19.4. The molecule has 0 aliphatic carbocycles. The number of ether oxygens (including phenoxy) is 4. The average Bonchev–Trinajstić information content (AvgIpc) is 2.86. The van der Waals surface area contributed by atoms with Crippen LogP contribution in [-0.4, -0.2) is 68.8 Å². The predicted octanol–water partition coefficient (Wildman–Crippen LogP) is 2.89. The summed E-state index contributed by atoms with van der Waals surface area (Å²) in [4.78, 5) is 39.3. The summed E-state index contributed by atoms with van der Waals surface area (Å²) < 4.78 is 21.9. The van der Waals surface area contributed by atoms with E-state index in [1.54, 1.807) is 61.5 Å². The van der Waals surface area contributed by atoms with Crippen LogP contribution in [0, 0.1) is 0 Å². The Kier molecular flexibility index (Phi) is 7.02. The van der Waals surface area contributed by atoms with Gasteiger partial charge in [-0.2, -0.15) is 0 Å². The average molecular weight is 469 g/mol. The second-order valence-corrected chi connectivity index (χ2v) is 8.34. The molecule has 0 aromatic heterocycles. The van der Waals surface area contributed by atoms with Gasteiger partial charge in [0.1, 0.15) is 24.2 Å². The highest BCUT2D eigenvalue weighted by Gasteiger charge is 2.39. The SMILES string of the molecule is COC(=O)C[C@@H]1CC[C@H]2[C@H](COc3ccc(NC(=O)c4ccc(OC)cc4)cc3C(=O)N2C)O1. The lowest BCUT2D eigenvalue weighted by atomic mass is 9.94. The topological polar surface area (TPSA) is 103 Å². The first kappa shape index (κ1) is 23.6. The van der Waals surface area contributed by atoms with Crippen LogP contribution in [0.5, 0.6) is 11.5 Å². The van der Waals surface area contributed by atoms with Crippen LogP contribution in [0.3, 0.4) is 0 Å². The Labute approximate surface area is 197 Å². The molecule has 0 bridgehead atoms. The van der Waals surface area contributed by atoms with Gasteiger partial charge in [-0.15, -0.1) is 0 Å². The largest absolute Gasteiger partial charge is 0.497 e. The number of rotatable bonds is 5. The first-order chi connectivity index (χ1) is 16.4. The molecule has 0 unspecified atom stereocenters. The van der Waals surface area contributed by atoms with Crippen LogP contribution >= 0.6 is 0 Å². The molecule has 9 heteroatoms. The van der Waals surface area contributed by atoms with Crippen molar-refractivity contribution < 1.29 is 33.3 Å².